The van der Waals surface area contributed by atoms with Gasteiger partial charge >= 0.3 is 0 Å². The van der Waals surface area contributed by atoms with E-state index in [0.717, 1.165) is 42.6 Å². The lowest BCUT2D eigenvalue weighted by molar-refractivity contribution is 0.0727. The molecule has 0 saturated carbocycles. The average molecular weight is 396 g/mol. The molecule has 2 aromatic rings. The number of fused-ring (bicyclic) bond motifs is 1. The van der Waals surface area contributed by atoms with Gasteiger partial charge in [-0.25, -0.2) is 0 Å². The van der Waals surface area contributed by atoms with Crippen molar-refractivity contribution in [2.75, 3.05) is 38.8 Å². The molecule has 4 rings (SSSR count). The van der Waals surface area contributed by atoms with Crippen LogP contribution in [0.4, 0.5) is 5.82 Å². The molecule has 1 saturated heterocycles. The zero-order valence-corrected chi connectivity index (χ0v) is 17.4. The van der Waals surface area contributed by atoms with E-state index in [-0.39, 0.29) is 5.91 Å². The highest BCUT2D eigenvalue weighted by Crippen LogP contribution is 2.33. The van der Waals surface area contributed by atoms with Crippen LogP contribution in [0.1, 0.15) is 41.4 Å². The Balaban J connectivity index is 1.46. The summed E-state index contributed by atoms with van der Waals surface area (Å²) in [5.74, 6) is 2.94. The molecule has 0 N–H and O–H groups in total. The molecule has 0 aliphatic carbocycles. The zero-order valence-electron chi connectivity index (χ0n) is 17.4. The predicted octanol–water partition coefficient (Wildman–Crippen LogP) is 2.93. The second kappa shape index (κ2) is 8.27. The van der Waals surface area contributed by atoms with E-state index < -0.39 is 0 Å². The fraction of sp³-hybridized carbons (Fsp3) is 0.500. The third kappa shape index (κ3) is 3.99. The molecule has 0 spiro atoms. The molecule has 1 aromatic carbocycles. The largest absolute Gasteiger partial charge is 0.493 e. The van der Waals surface area contributed by atoms with Crippen molar-refractivity contribution in [1.82, 2.24) is 15.1 Å². The molecular formula is C22H28N4O3. The minimum absolute atomic E-state index is 0.0863. The molecule has 29 heavy (non-hydrogen) atoms. The number of aromatic nitrogens is 2. The topological polar surface area (TPSA) is 67.8 Å². The lowest BCUT2D eigenvalue weighted by Gasteiger charge is -2.31. The summed E-state index contributed by atoms with van der Waals surface area (Å²) in [4.78, 5) is 17.0. The minimum atomic E-state index is -0.0863. The number of hydrogen-bond donors (Lipinski definition) is 0. The summed E-state index contributed by atoms with van der Waals surface area (Å²) in [5.41, 5.74) is 2.66. The molecule has 7 heteroatoms. The number of nitrogens with zero attached hydrogens (tertiary/aromatic N) is 4. The van der Waals surface area contributed by atoms with Crippen molar-refractivity contribution in [3.05, 3.63) is 41.1 Å². The number of ether oxygens (including phenoxy) is 2. The Bertz CT molecular complexity index is 876. The van der Waals surface area contributed by atoms with Crippen LogP contribution >= 0.6 is 0 Å². The van der Waals surface area contributed by atoms with Gasteiger partial charge in [0.1, 0.15) is 0 Å². The van der Waals surface area contributed by atoms with Crippen LogP contribution in [0, 0.1) is 5.92 Å². The number of hydrogen-bond acceptors (Lipinski definition) is 6. The van der Waals surface area contributed by atoms with Crippen molar-refractivity contribution in [2.24, 2.45) is 5.92 Å². The maximum absolute atomic E-state index is 13.0. The van der Waals surface area contributed by atoms with E-state index in [1.807, 2.05) is 23.1 Å². The van der Waals surface area contributed by atoms with E-state index in [9.17, 15) is 4.79 Å². The van der Waals surface area contributed by atoms with Crippen molar-refractivity contribution in [3.63, 3.8) is 0 Å². The highest BCUT2D eigenvalue weighted by Gasteiger charge is 2.25. The van der Waals surface area contributed by atoms with E-state index in [0.29, 0.717) is 24.5 Å². The monoisotopic (exact) mass is 396 g/mol. The Morgan fingerprint density at radius 2 is 1.69 bits per heavy atom. The van der Waals surface area contributed by atoms with E-state index in [1.54, 1.807) is 20.3 Å². The first kappa shape index (κ1) is 19.5. The summed E-state index contributed by atoms with van der Waals surface area (Å²) < 4.78 is 10.8. The normalized spacial score (nSPS) is 17.1. The molecule has 3 heterocycles. The second-order valence-electron chi connectivity index (χ2n) is 7.90. The Morgan fingerprint density at radius 3 is 2.31 bits per heavy atom. The first-order valence-electron chi connectivity index (χ1n) is 10.2. The molecule has 0 bridgehead atoms. The number of rotatable bonds is 4. The molecule has 2 aliphatic rings. The quantitative estimate of drug-likeness (QED) is 0.792. The number of carbonyl (C=O) groups excluding carboxylic acids is 1. The fourth-order valence-electron chi connectivity index (χ4n) is 4.06. The molecule has 7 nitrogen and oxygen atoms in total. The second-order valence-corrected chi connectivity index (χ2v) is 7.90. The molecule has 1 amide bonds. The molecule has 0 atom stereocenters. The standard InChI is InChI=1S/C22H28N4O3/c1-15-6-9-25(10-7-15)21-5-4-18(23-24-21)22(27)26-11-8-16-12-19(28-2)20(29-3)13-17(16)14-26/h4-5,12-13,15H,6-11,14H2,1-3H3. The summed E-state index contributed by atoms with van der Waals surface area (Å²) >= 11 is 0. The molecule has 154 valence electrons. The Hall–Kier alpha value is -2.83. The van der Waals surface area contributed by atoms with Crippen LogP contribution in [-0.2, 0) is 13.0 Å². The van der Waals surface area contributed by atoms with Crippen molar-refractivity contribution in [2.45, 2.75) is 32.7 Å². The maximum atomic E-state index is 13.0. The molecule has 1 fully saturated rings. The van der Waals surface area contributed by atoms with Gasteiger partial charge in [-0.3, -0.25) is 4.79 Å². The SMILES string of the molecule is COc1cc2c(cc1OC)CN(C(=O)c1ccc(N3CCC(C)CC3)nn1)CC2. The summed E-state index contributed by atoms with van der Waals surface area (Å²) in [5, 5.41) is 8.57. The van der Waals surface area contributed by atoms with Crippen LogP contribution in [-0.4, -0.2) is 54.9 Å². The van der Waals surface area contributed by atoms with Crippen LogP contribution in [0.15, 0.2) is 24.3 Å². The van der Waals surface area contributed by atoms with Crippen LogP contribution in [0.3, 0.4) is 0 Å². The van der Waals surface area contributed by atoms with Gasteiger partial charge < -0.3 is 19.3 Å². The van der Waals surface area contributed by atoms with Crippen molar-refractivity contribution >= 4 is 11.7 Å². The summed E-state index contributed by atoms with van der Waals surface area (Å²) in [6.45, 7) is 5.46. The summed E-state index contributed by atoms with van der Waals surface area (Å²) in [6.07, 6.45) is 3.12. The van der Waals surface area contributed by atoms with Crippen molar-refractivity contribution in [1.29, 1.82) is 0 Å². The van der Waals surface area contributed by atoms with E-state index >= 15 is 0 Å². The number of piperidine rings is 1. The van der Waals surface area contributed by atoms with Gasteiger partial charge in [0.05, 0.1) is 14.2 Å². The lowest BCUT2D eigenvalue weighted by Crippen LogP contribution is -2.37. The van der Waals surface area contributed by atoms with Gasteiger partial charge in [0.25, 0.3) is 5.91 Å². The molecule has 2 aliphatic heterocycles. The van der Waals surface area contributed by atoms with Gasteiger partial charge in [-0.1, -0.05) is 6.92 Å². The first-order chi connectivity index (χ1) is 14.1. The van der Waals surface area contributed by atoms with Gasteiger partial charge in [-0.15, -0.1) is 10.2 Å². The van der Waals surface area contributed by atoms with Crippen LogP contribution in [0.25, 0.3) is 0 Å². The lowest BCUT2D eigenvalue weighted by atomic mass is 9.98. The molecule has 1 aromatic heterocycles. The fourth-order valence-corrected chi connectivity index (χ4v) is 4.06. The Labute approximate surface area is 171 Å². The number of benzene rings is 1. The summed E-state index contributed by atoms with van der Waals surface area (Å²) in [6, 6.07) is 7.68. The first-order valence-corrected chi connectivity index (χ1v) is 10.2. The van der Waals surface area contributed by atoms with Gasteiger partial charge in [0, 0.05) is 26.2 Å². The van der Waals surface area contributed by atoms with Gasteiger partial charge in [-0.2, -0.15) is 0 Å². The summed E-state index contributed by atoms with van der Waals surface area (Å²) in [7, 11) is 3.26. The third-order valence-electron chi connectivity index (χ3n) is 5.98. The maximum Gasteiger partial charge on any atom is 0.274 e. The highest BCUT2D eigenvalue weighted by atomic mass is 16.5. The Kier molecular flexibility index (Phi) is 5.56. The number of carbonyl (C=O) groups is 1. The van der Waals surface area contributed by atoms with Gasteiger partial charge in [0.2, 0.25) is 0 Å². The number of anilines is 1. The van der Waals surface area contributed by atoms with Gasteiger partial charge in [-0.05, 0) is 60.6 Å². The zero-order chi connectivity index (χ0) is 20.4. The average Bonchev–Trinajstić information content (AvgIpc) is 2.78. The molecular weight excluding hydrogens is 368 g/mol. The predicted molar refractivity (Wildman–Crippen MR) is 111 cm³/mol. The molecule has 0 radical (unpaired) electrons. The third-order valence-corrected chi connectivity index (χ3v) is 5.98. The minimum Gasteiger partial charge on any atom is -0.493 e. The number of methoxy groups -OCH3 is 2. The van der Waals surface area contributed by atoms with Crippen LogP contribution in [0.5, 0.6) is 11.5 Å². The Morgan fingerprint density at radius 1 is 1.00 bits per heavy atom. The van der Waals surface area contributed by atoms with Gasteiger partial charge in [0.15, 0.2) is 23.0 Å². The van der Waals surface area contributed by atoms with E-state index in [4.69, 9.17) is 9.47 Å². The van der Waals surface area contributed by atoms with Crippen molar-refractivity contribution < 1.29 is 14.3 Å². The van der Waals surface area contributed by atoms with E-state index in [1.165, 1.54) is 18.4 Å². The van der Waals surface area contributed by atoms with E-state index in [2.05, 4.69) is 22.0 Å². The molecule has 0 unspecified atom stereocenters. The van der Waals surface area contributed by atoms with Crippen LogP contribution in [0.2, 0.25) is 0 Å². The van der Waals surface area contributed by atoms with Crippen LogP contribution < -0.4 is 14.4 Å². The highest BCUT2D eigenvalue weighted by molar-refractivity contribution is 5.92. The van der Waals surface area contributed by atoms with Crippen molar-refractivity contribution in [3.8, 4) is 11.5 Å². The smallest absolute Gasteiger partial charge is 0.274 e. The number of amides is 1.